The van der Waals surface area contributed by atoms with Crippen LogP contribution in [0.15, 0.2) is 66.2 Å². The molecule has 0 unspecified atom stereocenters. The average Bonchev–Trinajstić information content (AvgIpc) is 2.86. The maximum absolute atomic E-state index is 12.6. The van der Waals surface area contributed by atoms with Crippen molar-refractivity contribution in [3.05, 3.63) is 88.5 Å². The van der Waals surface area contributed by atoms with Gasteiger partial charge in [0.2, 0.25) is 0 Å². The number of aryl methyl sites for hydroxylation is 2. The van der Waals surface area contributed by atoms with E-state index in [0.29, 0.717) is 29.4 Å². The lowest BCUT2D eigenvalue weighted by atomic mass is 10.1. The minimum Gasteiger partial charge on any atom is -0.490 e. The summed E-state index contributed by atoms with van der Waals surface area (Å²) in [5.74, 6) is -0.0211. The number of nitrogens with zero attached hydrogens (tertiary/aromatic N) is 1. The summed E-state index contributed by atoms with van der Waals surface area (Å²) in [4.78, 5) is 25.0. The SMILES string of the molecule is CCOc1cc(/C=C(/C#N)C(=O)Nc2ccc(C)cc2)ccc1OCC(=O)Nc1cccc(C)c1C. The van der Waals surface area contributed by atoms with E-state index in [1.165, 1.54) is 6.08 Å². The highest BCUT2D eigenvalue weighted by Gasteiger charge is 2.13. The Bertz CT molecular complexity index is 1320. The fourth-order valence-electron chi connectivity index (χ4n) is 3.37. The van der Waals surface area contributed by atoms with E-state index in [1.54, 1.807) is 30.3 Å². The first-order valence-electron chi connectivity index (χ1n) is 11.6. The highest BCUT2D eigenvalue weighted by molar-refractivity contribution is 6.09. The van der Waals surface area contributed by atoms with E-state index in [2.05, 4.69) is 10.6 Å². The van der Waals surface area contributed by atoms with Gasteiger partial charge >= 0.3 is 0 Å². The molecule has 2 amide bonds. The predicted molar refractivity (Wildman–Crippen MR) is 141 cm³/mol. The number of nitriles is 1. The van der Waals surface area contributed by atoms with Crippen molar-refractivity contribution in [2.45, 2.75) is 27.7 Å². The Balaban J connectivity index is 1.71. The molecule has 0 heterocycles. The van der Waals surface area contributed by atoms with Crippen LogP contribution in [0.5, 0.6) is 11.5 Å². The monoisotopic (exact) mass is 483 g/mol. The molecule has 0 atom stereocenters. The minimum atomic E-state index is -0.511. The first kappa shape index (κ1) is 26.0. The summed E-state index contributed by atoms with van der Waals surface area (Å²) < 4.78 is 11.4. The second kappa shape index (κ2) is 12.2. The van der Waals surface area contributed by atoms with Gasteiger partial charge in [-0.05, 0) is 80.8 Å². The Morgan fingerprint density at radius 2 is 1.69 bits per heavy atom. The highest BCUT2D eigenvalue weighted by atomic mass is 16.5. The summed E-state index contributed by atoms with van der Waals surface area (Å²) in [5.41, 5.74) is 5.02. The van der Waals surface area contributed by atoms with Gasteiger partial charge in [-0.25, -0.2) is 0 Å². The van der Waals surface area contributed by atoms with E-state index >= 15 is 0 Å². The van der Waals surface area contributed by atoms with Crippen LogP contribution in [-0.4, -0.2) is 25.0 Å². The highest BCUT2D eigenvalue weighted by Crippen LogP contribution is 2.30. The minimum absolute atomic E-state index is 0.0559. The number of rotatable bonds is 9. The van der Waals surface area contributed by atoms with Crippen LogP contribution in [0.25, 0.3) is 6.08 Å². The van der Waals surface area contributed by atoms with E-state index in [0.717, 1.165) is 22.4 Å². The van der Waals surface area contributed by atoms with Crippen molar-refractivity contribution < 1.29 is 19.1 Å². The Morgan fingerprint density at radius 3 is 2.39 bits per heavy atom. The lowest BCUT2D eigenvalue weighted by molar-refractivity contribution is -0.118. The number of hydrogen-bond donors (Lipinski definition) is 2. The lowest BCUT2D eigenvalue weighted by Gasteiger charge is -2.14. The van der Waals surface area contributed by atoms with Crippen LogP contribution in [0, 0.1) is 32.1 Å². The molecular weight excluding hydrogens is 454 g/mol. The number of hydrogen-bond acceptors (Lipinski definition) is 5. The summed E-state index contributed by atoms with van der Waals surface area (Å²) >= 11 is 0. The topological polar surface area (TPSA) is 100 Å². The van der Waals surface area contributed by atoms with Crippen molar-refractivity contribution in [1.29, 1.82) is 5.26 Å². The van der Waals surface area contributed by atoms with Crippen molar-refractivity contribution in [2.75, 3.05) is 23.8 Å². The second-order valence-corrected chi connectivity index (χ2v) is 8.21. The molecule has 0 aromatic heterocycles. The summed E-state index contributed by atoms with van der Waals surface area (Å²) in [6.45, 7) is 7.88. The van der Waals surface area contributed by atoms with E-state index in [9.17, 15) is 14.9 Å². The normalized spacial score (nSPS) is 10.8. The van der Waals surface area contributed by atoms with Crippen LogP contribution in [0.1, 0.15) is 29.2 Å². The first-order valence-corrected chi connectivity index (χ1v) is 11.6. The zero-order valence-electron chi connectivity index (χ0n) is 20.8. The molecule has 0 aliphatic heterocycles. The maximum Gasteiger partial charge on any atom is 0.266 e. The van der Waals surface area contributed by atoms with Gasteiger partial charge in [0, 0.05) is 11.4 Å². The van der Waals surface area contributed by atoms with Crippen molar-refractivity contribution in [3.63, 3.8) is 0 Å². The number of benzene rings is 3. The van der Waals surface area contributed by atoms with Crippen LogP contribution in [-0.2, 0) is 9.59 Å². The van der Waals surface area contributed by atoms with Gasteiger partial charge in [0.25, 0.3) is 11.8 Å². The Labute approximate surface area is 211 Å². The largest absolute Gasteiger partial charge is 0.490 e. The molecule has 0 radical (unpaired) electrons. The number of amides is 2. The van der Waals surface area contributed by atoms with Gasteiger partial charge in [0.05, 0.1) is 6.61 Å². The molecule has 0 aliphatic carbocycles. The van der Waals surface area contributed by atoms with Crippen molar-refractivity contribution in [1.82, 2.24) is 0 Å². The Morgan fingerprint density at radius 1 is 0.944 bits per heavy atom. The number of carbonyl (C=O) groups excluding carboxylic acids is 2. The van der Waals surface area contributed by atoms with E-state index in [4.69, 9.17) is 9.47 Å². The molecule has 0 spiro atoms. The standard InChI is InChI=1S/C29H29N3O4/c1-5-35-27-16-22(15-23(17-30)29(34)31-24-12-9-19(2)10-13-24)11-14-26(27)36-18-28(33)32-25-8-6-7-20(3)21(25)4/h6-16H,5,18H2,1-4H3,(H,31,34)(H,32,33)/b23-15-. The summed E-state index contributed by atoms with van der Waals surface area (Å²) in [5, 5.41) is 15.1. The third kappa shape index (κ3) is 6.97. The lowest BCUT2D eigenvalue weighted by Crippen LogP contribution is -2.21. The van der Waals surface area contributed by atoms with E-state index in [-0.39, 0.29) is 18.1 Å². The molecule has 3 rings (SSSR count). The number of carbonyl (C=O) groups is 2. The quantitative estimate of drug-likeness (QED) is 0.306. The van der Waals surface area contributed by atoms with Crippen LogP contribution in [0.3, 0.4) is 0 Å². The average molecular weight is 484 g/mol. The van der Waals surface area contributed by atoms with Gasteiger partial charge in [0.1, 0.15) is 11.6 Å². The van der Waals surface area contributed by atoms with Crippen molar-refractivity contribution >= 4 is 29.3 Å². The maximum atomic E-state index is 12.6. The smallest absolute Gasteiger partial charge is 0.266 e. The molecule has 0 bridgehead atoms. The summed E-state index contributed by atoms with van der Waals surface area (Å²) in [6, 6.07) is 20.0. The van der Waals surface area contributed by atoms with Crippen molar-refractivity contribution in [3.8, 4) is 17.6 Å². The molecule has 2 N–H and O–H groups in total. The van der Waals surface area contributed by atoms with E-state index in [1.807, 2.05) is 64.1 Å². The van der Waals surface area contributed by atoms with Crippen molar-refractivity contribution in [2.24, 2.45) is 0 Å². The third-order valence-electron chi connectivity index (χ3n) is 5.49. The molecule has 0 fully saturated rings. The molecular formula is C29H29N3O4. The first-order chi connectivity index (χ1) is 17.3. The third-order valence-corrected chi connectivity index (χ3v) is 5.49. The fraction of sp³-hybridized carbons (Fsp3) is 0.207. The molecule has 0 saturated heterocycles. The van der Waals surface area contributed by atoms with Gasteiger partial charge in [-0.2, -0.15) is 5.26 Å². The number of anilines is 2. The molecule has 36 heavy (non-hydrogen) atoms. The molecule has 3 aromatic carbocycles. The molecule has 0 saturated carbocycles. The molecule has 7 heteroatoms. The van der Waals surface area contributed by atoms with E-state index < -0.39 is 5.91 Å². The second-order valence-electron chi connectivity index (χ2n) is 8.21. The summed E-state index contributed by atoms with van der Waals surface area (Å²) in [7, 11) is 0. The van der Waals surface area contributed by atoms with Gasteiger partial charge in [-0.1, -0.05) is 35.9 Å². The fourth-order valence-corrected chi connectivity index (χ4v) is 3.37. The zero-order chi connectivity index (χ0) is 26.1. The summed E-state index contributed by atoms with van der Waals surface area (Å²) in [6.07, 6.45) is 1.48. The number of nitrogens with one attached hydrogen (secondary N) is 2. The van der Waals surface area contributed by atoms with Crippen LogP contribution >= 0.6 is 0 Å². The molecule has 7 nitrogen and oxygen atoms in total. The van der Waals surface area contributed by atoms with Gasteiger partial charge in [0.15, 0.2) is 18.1 Å². The zero-order valence-corrected chi connectivity index (χ0v) is 20.8. The Kier molecular flexibility index (Phi) is 8.84. The van der Waals surface area contributed by atoms with Gasteiger partial charge < -0.3 is 20.1 Å². The Hall–Kier alpha value is -4.57. The van der Waals surface area contributed by atoms with Crippen LogP contribution in [0.4, 0.5) is 11.4 Å². The molecule has 0 aliphatic rings. The van der Waals surface area contributed by atoms with Crippen LogP contribution in [0.2, 0.25) is 0 Å². The van der Waals surface area contributed by atoms with Gasteiger partial charge in [-0.15, -0.1) is 0 Å². The molecule has 3 aromatic rings. The van der Waals surface area contributed by atoms with Gasteiger partial charge in [-0.3, -0.25) is 9.59 Å². The predicted octanol–water partition coefficient (Wildman–Crippen LogP) is 5.57. The molecule has 184 valence electrons. The number of ether oxygens (including phenoxy) is 2. The van der Waals surface area contributed by atoms with Crippen LogP contribution < -0.4 is 20.1 Å².